The first-order valence-electron chi connectivity index (χ1n) is 12.0. The second-order valence-corrected chi connectivity index (χ2v) is 9.23. The first kappa shape index (κ1) is 26.3. The molecule has 172 valence electrons. The van der Waals surface area contributed by atoms with Gasteiger partial charge in [0.25, 0.3) is 0 Å². The first-order valence-corrected chi connectivity index (χ1v) is 12.0. The third kappa shape index (κ3) is 7.18. The van der Waals surface area contributed by atoms with Crippen molar-refractivity contribution in [1.82, 2.24) is 15.1 Å². The molecule has 2 saturated heterocycles. The fourth-order valence-electron chi connectivity index (χ4n) is 4.80. The lowest BCUT2D eigenvalue weighted by Crippen LogP contribution is -2.42. The summed E-state index contributed by atoms with van der Waals surface area (Å²) in [5.41, 5.74) is 0. The zero-order valence-corrected chi connectivity index (χ0v) is 20.3. The smallest absolute Gasteiger partial charge is 0.317 e. The summed E-state index contributed by atoms with van der Waals surface area (Å²) in [6.07, 6.45) is 4.99. The zero-order chi connectivity index (χ0) is 22.8. The lowest BCUT2D eigenvalue weighted by Gasteiger charge is -2.22. The topological polar surface area (TPSA) is 76.4 Å². The van der Waals surface area contributed by atoms with E-state index in [1.165, 1.54) is 12.8 Å². The van der Waals surface area contributed by atoms with Crippen LogP contribution in [-0.2, 0) is 4.79 Å². The third-order valence-electron chi connectivity index (χ3n) is 6.45. The Balaban J connectivity index is 0.000000300. The van der Waals surface area contributed by atoms with Gasteiger partial charge in [-0.1, -0.05) is 34.6 Å². The molecular weight excluding hydrogens is 376 g/mol. The second kappa shape index (κ2) is 12.8. The van der Waals surface area contributed by atoms with Crippen LogP contribution in [-0.4, -0.2) is 53.5 Å². The quantitative estimate of drug-likeness (QED) is 0.721. The number of fused-ring (bicyclic) bond motifs is 1. The number of urea groups is 1. The van der Waals surface area contributed by atoms with Gasteiger partial charge >= 0.3 is 6.03 Å². The summed E-state index contributed by atoms with van der Waals surface area (Å²) in [4.78, 5) is 26.8. The summed E-state index contributed by atoms with van der Waals surface area (Å²) in [7, 11) is 0. The van der Waals surface area contributed by atoms with E-state index < -0.39 is 0 Å². The van der Waals surface area contributed by atoms with E-state index >= 15 is 0 Å². The lowest BCUT2D eigenvalue weighted by molar-refractivity contribution is -0.130. The SMILES string of the molecule is CC.CC(C)NC(=O)N1C[C@H]2CC(C(C)C)C[C@H]2C1.CCC(=O)N1CCCC1C#N. The highest BCUT2D eigenvalue weighted by molar-refractivity contribution is 5.76. The second-order valence-electron chi connectivity index (χ2n) is 9.23. The molecule has 1 N–H and O–H groups in total. The Kier molecular flexibility index (Phi) is 11.2. The van der Waals surface area contributed by atoms with Crippen LogP contribution in [0.2, 0.25) is 0 Å². The van der Waals surface area contributed by atoms with Gasteiger partial charge in [0, 0.05) is 32.1 Å². The molecule has 3 rings (SSSR count). The van der Waals surface area contributed by atoms with Gasteiger partial charge in [-0.15, -0.1) is 0 Å². The van der Waals surface area contributed by atoms with E-state index in [0.29, 0.717) is 6.42 Å². The van der Waals surface area contributed by atoms with Crippen LogP contribution < -0.4 is 5.32 Å². The molecule has 2 heterocycles. The Morgan fingerprint density at radius 2 is 1.67 bits per heavy atom. The Morgan fingerprint density at radius 3 is 2.10 bits per heavy atom. The van der Waals surface area contributed by atoms with Gasteiger partial charge in [0.05, 0.1) is 6.07 Å². The minimum atomic E-state index is -0.151. The van der Waals surface area contributed by atoms with Crippen molar-refractivity contribution in [3.05, 3.63) is 0 Å². The molecule has 6 heteroatoms. The van der Waals surface area contributed by atoms with Gasteiger partial charge in [-0.2, -0.15) is 5.26 Å². The van der Waals surface area contributed by atoms with Crippen molar-refractivity contribution in [2.75, 3.05) is 19.6 Å². The van der Waals surface area contributed by atoms with E-state index in [9.17, 15) is 9.59 Å². The van der Waals surface area contributed by atoms with Crippen molar-refractivity contribution < 1.29 is 9.59 Å². The number of rotatable bonds is 3. The van der Waals surface area contributed by atoms with Crippen LogP contribution in [0.1, 0.15) is 80.6 Å². The summed E-state index contributed by atoms with van der Waals surface area (Å²) in [6.45, 7) is 17.2. The van der Waals surface area contributed by atoms with Crippen molar-refractivity contribution in [1.29, 1.82) is 5.26 Å². The van der Waals surface area contributed by atoms with Gasteiger partial charge in [0.1, 0.15) is 6.04 Å². The predicted octanol–water partition coefficient (Wildman–Crippen LogP) is 4.66. The molecular formula is C24H44N4O2. The summed E-state index contributed by atoms with van der Waals surface area (Å²) >= 11 is 0. The summed E-state index contributed by atoms with van der Waals surface area (Å²) < 4.78 is 0. The molecule has 4 atom stereocenters. The summed E-state index contributed by atoms with van der Waals surface area (Å²) in [5, 5.41) is 11.6. The molecule has 30 heavy (non-hydrogen) atoms. The Bertz CT molecular complexity index is 570. The molecule has 1 saturated carbocycles. The number of nitriles is 1. The highest BCUT2D eigenvalue weighted by Crippen LogP contribution is 2.44. The van der Waals surface area contributed by atoms with Crippen molar-refractivity contribution in [3.8, 4) is 6.07 Å². The van der Waals surface area contributed by atoms with Crippen molar-refractivity contribution in [3.63, 3.8) is 0 Å². The fraction of sp³-hybridized carbons (Fsp3) is 0.875. The lowest BCUT2D eigenvalue weighted by atomic mass is 9.93. The van der Waals surface area contributed by atoms with Crippen LogP contribution in [0.15, 0.2) is 0 Å². The van der Waals surface area contributed by atoms with Crippen LogP contribution in [0.5, 0.6) is 0 Å². The van der Waals surface area contributed by atoms with E-state index in [-0.39, 0.29) is 24.0 Å². The number of amides is 3. The minimum absolute atomic E-state index is 0.106. The summed E-state index contributed by atoms with van der Waals surface area (Å²) in [6, 6.07) is 2.36. The first-order chi connectivity index (χ1) is 14.3. The van der Waals surface area contributed by atoms with Crippen LogP contribution in [0, 0.1) is 35.0 Å². The van der Waals surface area contributed by atoms with Crippen LogP contribution in [0.3, 0.4) is 0 Å². The molecule has 2 unspecified atom stereocenters. The number of nitrogens with zero attached hydrogens (tertiary/aromatic N) is 3. The van der Waals surface area contributed by atoms with Gasteiger partial charge in [-0.05, 0) is 63.2 Å². The van der Waals surface area contributed by atoms with Crippen molar-refractivity contribution >= 4 is 11.9 Å². The average molecular weight is 421 g/mol. The summed E-state index contributed by atoms with van der Waals surface area (Å²) in [5.74, 6) is 3.33. The normalized spacial score (nSPS) is 27.1. The molecule has 0 spiro atoms. The Hall–Kier alpha value is -1.77. The van der Waals surface area contributed by atoms with Crippen LogP contribution in [0.4, 0.5) is 4.79 Å². The molecule has 3 aliphatic rings. The van der Waals surface area contributed by atoms with Gasteiger partial charge in [-0.3, -0.25) is 4.79 Å². The van der Waals surface area contributed by atoms with Crippen molar-refractivity contribution in [2.45, 2.75) is 92.7 Å². The molecule has 3 fully saturated rings. The number of hydrogen-bond donors (Lipinski definition) is 1. The number of carbonyl (C=O) groups excluding carboxylic acids is 2. The maximum absolute atomic E-state index is 11.9. The molecule has 0 aromatic carbocycles. The molecule has 0 radical (unpaired) electrons. The molecule has 2 aliphatic heterocycles. The third-order valence-corrected chi connectivity index (χ3v) is 6.45. The highest BCUT2D eigenvalue weighted by atomic mass is 16.2. The molecule has 3 amide bonds. The van der Waals surface area contributed by atoms with Gasteiger partial charge < -0.3 is 15.1 Å². The van der Waals surface area contributed by atoms with Gasteiger partial charge in [-0.25, -0.2) is 4.79 Å². The zero-order valence-electron chi connectivity index (χ0n) is 20.3. The van der Waals surface area contributed by atoms with Gasteiger partial charge in [0.2, 0.25) is 5.91 Å². The number of hydrogen-bond acceptors (Lipinski definition) is 3. The maximum Gasteiger partial charge on any atom is 0.317 e. The fourth-order valence-corrected chi connectivity index (χ4v) is 4.80. The van der Waals surface area contributed by atoms with Crippen molar-refractivity contribution in [2.24, 2.45) is 23.7 Å². The van der Waals surface area contributed by atoms with E-state index in [4.69, 9.17) is 5.26 Å². The Morgan fingerprint density at radius 1 is 1.10 bits per heavy atom. The number of carbonyl (C=O) groups is 2. The standard InChI is InChI=1S/C14H26N2O.C8H12N2O.C2H6/c1-9(2)11-5-12-7-16(8-13(12)6-11)14(17)15-10(3)4;1-2-8(11)10-5-3-4-7(10)6-9;1-2/h9-13H,5-8H2,1-4H3,(H,15,17);7H,2-5H2,1H3;1-2H3/t11?,12-,13+;;. The highest BCUT2D eigenvalue weighted by Gasteiger charge is 2.42. The predicted molar refractivity (Wildman–Crippen MR) is 122 cm³/mol. The maximum atomic E-state index is 11.9. The van der Waals surface area contributed by atoms with E-state index in [1.807, 2.05) is 39.5 Å². The van der Waals surface area contributed by atoms with E-state index in [2.05, 4.69) is 25.2 Å². The molecule has 0 aromatic heterocycles. The number of likely N-dealkylation sites (tertiary alicyclic amines) is 2. The molecule has 6 nitrogen and oxygen atoms in total. The Labute approximate surface area is 184 Å². The molecule has 0 bridgehead atoms. The van der Waals surface area contributed by atoms with Gasteiger partial charge in [0.15, 0.2) is 0 Å². The largest absolute Gasteiger partial charge is 0.336 e. The molecule has 1 aliphatic carbocycles. The monoisotopic (exact) mass is 420 g/mol. The van der Waals surface area contributed by atoms with Crippen LogP contribution in [0.25, 0.3) is 0 Å². The van der Waals surface area contributed by atoms with E-state index in [1.54, 1.807) is 4.90 Å². The van der Waals surface area contributed by atoms with E-state index in [0.717, 1.165) is 56.1 Å². The molecule has 0 aromatic rings. The van der Waals surface area contributed by atoms with Crippen LogP contribution >= 0.6 is 0 Å². The number of nitrogens with one attached hydrogen (secondary N) is 1. The minimum Gasteiger partial charge on any atom is -0.336 e. The average Bonchev–Trinajstić information content (AvgIpc) is 3.42.